The van der Waals surface area contributed by atoms with Gasteiger partial charge in [-0.05, 0) is 36.6 Å². The van der Waals surface area contributed by atoms with Gasteiger partial charge >= 0.3 is 0 Å². The van der Waals surface area contributed by atoms with E-state index < -0.39 is 0 Å². The zero-order valence-electron chi connectivity index (χ0n) is 16.2. The van der Waals surface area contributed by atoms with Gasteiger partial charge in [0.15, 0.2) is 11.5 Å². The Bertz CT molecular complexity index is 776. The van der Waals surface area contributed by atoms with E-state index >= 15 is 0 Å². The van der Waals surface area contributed by atoms with E-state index in [1.807, 2.05) is 35.2 Å². The van der Waals surface area contributed by atoms with Gasteiger partial charge in [-0.2, -0.15) is 0 Å². The van der Waals surface area contributed by atoms with Gasteiger partial charge in [-0.1, -0.05) is 37.6 Å². The summed E-state index contributed by atoms with van der Waals surface area (Å²) in [5.41, 5.74) is 3.01. The van der Waals surface area contributed by atoms with Crippen LogP contribution in [0.1, 0.15) is 46.6 Å². The van der Waals surface area contributed by atoms with Crippen LogP contribution in [0.5, 0.6) is 11.5 Å². The van der Waals surface area contributed by atoms with E-state index in [0.29, 0.717) is 11.5 Å². The number of carbonyl (C=O) groups excluding carboxylic acids is 1. The maximum Gasteiger partial charge on any atom is 0.255 e. The number of thioether (sulfide) groups is 1. The molecular formula is C22H27NO3S. The number of nitrogens with zero attached hydrogens (tertiary/aromatic N) is 1. The van der Waals surface area contributed by atoms with Crippen LogP contribution < -0.4 is 9.47 Å². The maximum absolute atomic E-state index is 13.2. The molecule has 0 saturated carbocycles. The smallest absolute Gasteiger partial charge is 0.255 e. The number of para-hydroxylation sites is 1. The lowest BCUT2D eigenvalue weighted by atomic mass is 10.1. The highest BCUT2D eigenvalue weighted by Crippen LogP contribution is 2.45. The van der Waals surface area contributed by atoms with Crippen molar-refractivity contribution in [2.45, 2.75) is 31.6 Å². The standard InChI is InChI=1S/C22H27NO3S/c1-4-5-7-16-10-12-17(13-11-16)21(24)23-14-15-27-22(23)18-8-6-9-19(25-2)20(18)26-3/h6,8-13,22H,4-5,7,14-15H2,1-3H3. The second-order valence-corrected chi connectivity index (χ2v) is 7.79. The van der Waals surface area contributed by atoms with Gasteiger partial charge in [-0.25, -0.2) is 0 Å². The summed E-state index contributed by atoms with van der Waals surface area (Å²) in [7, 11) is 3.27. The molecule has 0 radical (unpaired) electrons. The molecule has 0 aromatic heterocycles. The summed E-state index contributed by atoms with van der Waals surface area (Å²) < 4.78 is 11.0. The lowest BCUT2D eigenvalue weighted by Gasteiger charge is -2.26. The Labute approximate surface area is 165 Å². The molecule has 0 bridgehead atoms. The van der Waals surface area contributed by atoms with Crippen LogP contribution in [0, 0.1) is 0 Å². The number of ether oxygens (including phenoxy) is 2. The van der Waals surface area contributed by atoms with E-state index in [0.717, 1.165) is 29.8 Å². The molecule has 0 N–H and O–H groups in total. The molecule has 144 valence electrons. The summed E-state index contributed by atoms with van der Waals surface area (Å²) >= 11 is 1.76. The second kappa shape index (κ2) is 9.18. The molecule has 1 heterocycles. The lowest BCUT2D eigenvalue weighted by Crippen LogP contribution is -2.30. The van der Waals surface area contributed by atoms with Gasteiger partial charge in [-0.3, -0.25) is 4.79 Å². The van der Waals surface area contributed by atoms with E-state index in [4.69, 9.17) is 9.47 Å². The van der Waals surface area contributed by atoms with Crippen LogP contribution in [0.3, 0.4) is 0 Å². The van der Waals surface area contributed by atoms with Crippen LogP contribution in [0.2, 0.25) is 0 Å². The largest absolute Gasteiger partial charge is 0.493 e. The van der Waals surface area contributed by atoms with E-state index in [9.17, 15) is 4.79 Å². The molecule has 1 saturated heterocycles. The molecule has 1 unspecified atom stereocenters. The van der Waals surface area contributed by atoms with Crippen LogP contribution in [0.15, 0.2) is 42.5 Å². The minimum absolute atomic E-state index is 0.0666. The fraction of sp³-hybridized carbons (Fsp3) is 0.409. The summed E-state index contributed by atoms with van der Waals surface area (Å²) in [6, 6.07) is 13.9. The first-order valence-corrected chi connectivity index (χ1v) is 10.5. The number of methoxy groups -OCH3 is 2. The number of hydrogen-bond donors (Lipinski definition) is 0. The molecule has 1 aliphatic heterocycles. The van der Waals surface area contributed by atoms with E-state index in [2.05, 4.69) is 19.1 Å². The number of benzene rings is 2. The van der Waals surface area contributed by atoms with Crippen LogP contribution in [0.4, 0.5) is 0 Å². The SMILES string of the molecule is CCCCc1ccc(C(=O)N2CCSC2c2cccc(OC)c2OC)cc1. The fourth-order valence-electron chi connectivity index (χ4n) is 3.40. The molecule has 1 atom stereocenters. The van der Waals surface area contributed by atoms with Crippen molar-refractivity contribution in [2.75, 3.05) is 26.5 Å². The molecule has 4 nitrogen and oxygen atoms in total. The number of hydrogen-bond acceptors (Lipinski definition) is 4. The quantitative estimate of drug-likeness (QED) is 0.677. The summed E-state index contributed by atoms with van der Waals surface area (Å²) in [5.74, 6) is 2.37. The third kappa shape index (κ3) is 4.24. The highest BCUT2D eigenvalue weighted by Gasteiger charge is 2.33. The number of amides is 1. The van der Waals surface area contributed by atoms with Gasteiger partial charge < -0.3 is 14.4 Å². The minimum atomic E-state index is -0.0673. The predicted octanol–water partition coefficient (Wildman–Crippen LogP) is 4.93. The molecule has 0 aliphatic carbocycles. The van der Waals surface area contributed by atoms with E-state index in [-0.39, 0.29) is 11.3 Å². The molecule has 1 amide bonds. The minimum Gasteiger partial charge on any atom is -0.493 e. The van der Waals surface area contributed by atoms with Crippen molar-refractivity contribution >= 4 is 17.7 Å². The summed E-state index contributed by atoms with van der Waals surface area (Å²) in [5, 5.41) is -0.0673. The van der Waals surface area contributed by atoms with Crippen molar-refractivity contribution < 1.29 is 14.3 Å². The Hall–Kier alpha value is -2.14. The van der Waals surface area contributed by atoms with Gasteiger partial charge in [0.05, 0.1) is 14.2 Å². The topological polar surface area (TPSA) is 38.8 Å². The highest BCUT2D eigenvalue weighted by atomic mass is 32.2. The van der Waals surface area contributed by atoms with E-state index in [1.165, 1.54) is 18.4 Å². The van der Waals surface area contributed by atoms with Gasteiger partial charge in [0, 0.05) is 23.4 Å². The van der Waals surface area contributed by atoms with Gasteiger partial charge in [0.2, 0.25) is 0 Å². The molecule has 5 heteroatoms. The zero-order chi connectivity index (χ0) is 19.2. The second-order valence-electron chi connectivity index (χ2n) is 6.60. The van der Waals surface area contributed by atoms with Crippen LogP contribution in [-0.2, 0) is 6.42 Å². The average molecular weight is 386 g/mol. The Morgan fingerprint density at radius 1 is 1.15 bits per heavy atom. The van der Waals surface area contributed by atoms with Gasteiger partial charge in [-0.15, -0.1) is 11.8 Å². The Morgan fingerprint density at radius 2 is 1.93 bits per heavy atom. The summed E-state index contributed by atoms with van der Waals surface area (Å²) in [6.45, 7) is 2.92. The number of aryl methyl sites for hydroxylation is 1. The highest BCUT2D eigenvalue weighted by molar-refractivity contribution is 7.99. The molecule has 2 aromatic carbocycles. The molecule has 1 aliphatic rings. The molecular weight excluding hydrogens is 358 g/mol. The van der Waals surface area contributed by atoms with Crippen molar-refractivity contribution in [3.05, 3.63) is 59.2 Å². The maximum atomic E-state index is 13.2. The number of carbonyl (C=O) groups is 1. The Kier molecular flexibility index (Phi) is 6.67. The average Bonchev–Trinajstić information content (AvgIpc) is 3.21. The summed E-state index contributed by atoms with van der Waals surface area (Å²) in [6.07, 6.45) is 3.41. The van der Waals surface area contributed by atoms with Crippen molar-refractivity contribution in [1.82, 2.24) is 4.90 Å². The van der Waals surface area contributed by atoms with Gasteiger partial charge in [0.25, 0.3) is 5.91 Å². The fourth-order valence-corrected chi connectivity index (χ4v) is 4.67. The van der Waals surface area contributed by atoms with Crippen molar-refractivity contribution in [3.8, 4) is 11.5 Å². The first-order valence-electron chi connectivity index (χ1n) is 9.42. The molecule has 2 aromatic rings. The lowest BCUT2D eigenvalue weighted by molar-refractivity contribution is 0.0759. The first kappa shape index (κ1) is 19.6. The molecule has 3 rings (SSSR count). The molecule has 1 fully saturated rings. The Balaban J connectivity index is 1.83. The molecule has 27 heavy (non-hydrogen) atoms. The van der Waals surface area contributed by atoms with E-state index in [1.54, 1.807) is 26.0 Å². The van der Waals surface area contributed by atoms with Gasteiger partial charge in [0.1, 0.15) is 5.37 Å². The third-order valence-corrected chi connectivity index (χ3v) is 6.11. The van der Waals surface area contributed by atoms with Crippen LogP contribution in [0.25, 0.3) is 0 Å². The third-order valence-electron chi connectivity index (χ3n) is 4.87. The first-order chi connectivity index (χ1) is 13.2. The van der Waals surface area contributed by atoms with Crippen molar-refractivity contribution in [1.29, 1.82) is 0 Å². The summed E-state index contributed by atoms with van der Waals surface area (Å²) in [4.78, 5) is 15.1. The predicted molar refractivity (Wildman–Crippen MR) is 111 cm³/mol. The van der Waals surface area contributed by atoms with Crippen molar-refractivity contribution in [3.63, 3.8) is 0 Å². The van der Waals surface area contributed by atoms with Crippen molar-refractivity contribution in [2.24, 2.45) is 0 Å². The number of rotatable bonds is 7. The van der Waals surface area contributed by atoms with Crippen LogP contribution in [-0.4, -0.2) is 37.3 Å². The normalized spacial score (nSPS) is 16.4. The van der Waals surface area contributed by atoms with Crippen LogP contribution >= 0.6 is 11.8 Å². The Morgan fingerprint density at radius 3 is 2.59 bits per heavy atom. The zero-order valence-corrected chi connectivity index (χ0v) is 17.1. The number of unbranched alkanes of at least 4 members (excludes halogenated alkanes) is 1. The monoisotopic (exact) mass is 385 g/mol. The molecule has 0 spiro atoms.